The largest absolute Gasteiger partial charge is 0.378 e. The summed E-state index contributed by atoms with van der Waals surface area (Å²) < 4.78 is 62.0. The second kappa shape index (κ2) is 10.2. The molecule has 7 nitrogen and oxygen atoms in total. The molecule has 0 amide bonds. The van der Waals surface area contributed by atoms with Gasteiger partial charge in [0.2, 0.25) is 0 Å². The molecule has 3 aromatic rings. The molecular formula is C19H23NO6S2. The fraction of sp³-hybridized carbons (Fsp3) is 0.158. The van der Waals surface area contributed by atoms with Gasteiger partial charge in [0.05, 0.1) is 4.90 Å². The average Bonchev–Trinajstić information content (AvgIpc) is 2.71. The number of fused-ring (bicyclic) bond motifs is 1. The molecule has 3 N–H and O–H groups in total. The van der Waals surface area contributed by atoms with Gasteiger partial charge in [-0.1, -0.05) is 56.3 Å². The van der Waals surface area contributed by atoms with Gasteiger partial charge < -0.3 is 9.92 Å². The Balaban J connectivity index is 0.000000921. The smallest absolute Gasteiger partial charge is 0.339 e. The molecule has 0 unspecified atom stereocenters. The van der Waals surface area contributed by atoms with Gasteiger partial charge in [0.1, 0.15) is 4.90 Å². The van der Waals surface area contributed by atoms with Crippen LogP contribution in [0, 0.1) is 0 Å². The lowest BCUT2D eigenvalue weighted by Gasteiger charge is -2.11. The van der Waals surface area contributed by atoms with Crippen molar-refractivity contribution in [1.82, 2.24) is 0 Å². The first-order valence-electron chi connectivity index (χ1n) is 8.35. The Hall–Kier alpha value is -2.46. The molecule has 152 valence electrons. The maximum Gasteiger partial charge on any atom is 0.339 e. The van der Waals surface area contributed by atoms with E-state index in [0.717, 1.165) is 6.07 Å². The van der Waals surface area contributed by atoms with Crippen LogP contribution in [0.4, 0.5) is 0 Å². The Morgan fingerprint density at radius 2 is 1.32 bits per heavy atom. The minimum Gasteiger partial charge on any atom is -0.378 e. The maximum atomic E-state index is 12.4. The van der Waals surface area contributed by atoms with Gasteiger partial charge in [0.15, 0.2) is 5.75 Å². The molecular weight excluding hydrogens is 402 g/mol. The van der Waals surface area contributed by atoms with E-state index >= 15 is 0 Å². The van der Waals surface area contributed by atoms with E-state index in [1.165, 1.54) is 25.2 Å². The third-order valence-corrected chi connectivity index (χ3v) is 5.41. The summed E-state index contributed by atoms with van der Waals surface area (Å²) in [5.74, 6) is -0.176. The summed E-state index contributed by atoms with van der Waals surface area (Å²) in [5.41, 5.74) is 4.50. The fourth-order valence-electron chi connectivity index (χ4n) is 2.22. The summed E-state index contributed by atoms with van der Waals surface area (Å²) in [6.45, 7) is 4.00. The van der Waals surface area contributed by atoms with Crippen LogP contribution in [0.25, 0.3) is 10.8 Å². The quantitative estimate of drug-likeness (QED) is 0.484. The SMILES string of the molecule is CC.CN.O=S(=O)(O)c1cc(OS(=O)(=O)c2ccccc2)c2ccccc2c1. The summed E-state index contributed by atoms with van der Waals surface area (Å²) in [4.78, 5) is -0.509. The minimum atomic E-state index is -4.51. The van der Waals surface area contributed by atoms with Crippen molar-refractivity contribution in [3.05, 3.63) is 66.7 Å². The van der Waals surface area contributed by atoms with Gasteiger partial charge in [-0.05, 0) is 30.6 Å². The maximum absolute atomic E-state index is 12.4. The number of hydrogen-bond acceptors (Lipinski definition) is 6. The highest BCUT2D eigenvalue weighted by Crippen LogP contribution is 2.31. The molecule has 9 heteroatoms. The summed E-state index contributed by atoms with van der Waals surface area (Å²) in [7, 11) is -7.16. The van der Waals surface area contributed by atoms with Gasteiger partial charge in [0.25, 0.3) is 10.1 Å². The average molecular weight is 426 g/mol. The van der Waals surface area contributed by atoms with Crippen molar-refractivity contribution >= 4 is 31.0 Å². The molecule has 0 aliphatic rings. The van der Waals surface area contributed by atoms with E-state index < -0.39 is 25.1 Å². The Bertz CT molecular complexity index is 1110. The Kier molecular flexibility index (Phi) is 8.58. The number of hydrogen-bond donors (Lipinski definition) is 2. The van der Waals surface area contributed by atoms with Crippen LogP contribution in [0.5, 0.6) is 5.75 Å². The predicted molar refractivity (Wildman–Crippen MR) is 109 cm³/mol. The normalized spacial score (nSPS) is 10.9. The van der Waals surface area contributed by atoms with Gasteiger partial charge in [-0.25, -0.2) is 0 Å². The van der Waals surface area contributed by atoms with Crippen LogP contribution in [0.15, 0.2) is 76.5 Å². The van der Waals surface area contributed by atoms with E-state index in [-0.39, 0.29) is 10.6 Å². The third kappa shape index (κ3) is 5.77. The highest BCUT2D eigenvalue weighted by molar-refractivity contribution is 7.87. The van der Waals surface area contributed by atoms with Gasteiger partial charge in [-0.2, -0.15) is 16.8 Å². The van der Waals surface area contributed by atoms with Crippen molar-refractivity contribution < 1.29 is 25.6 Å². The lowest BCUT2D eigenvalue weighted by atomic mass is 10.1. The summed E-state index contributed by atoms with van der Waals surface area (Å²) in [6, 6.07) is 16.2. The van der Waals surface area contributed by atoms with Crippen LogP contribution in [-0.2, 0) is 20.2 Å². The van der Waals surface area contributed by atoms with Crippen molar-refractivity contribution in [3.63, 3.8) is 0 Å². The van der Waals surface area contributed by atoms with Crippen molar-refractivity contribution in [2.24, 2.45) is 5.73 Å². The van der Waals surface area contributed by atoms with Crippen LogP contribution >= 0.6 is 0 Å². The summed E-state index contributed by atoms with van der Waals surface area (Å²) >= 11 is 0. The van der Waals surface area contributed by atoms with Crippen molar-refractivity contribution in [2.75, 3.05) is 7.05 Å². The minimum absolute atomic E-state index is 0.0636. The van der Waals surface area contributed by atoms with Gasteiger partial charge >= 0.3 is 10.1 Å². The molecule has 3 aromatic carbocycles. The molecule has 0 atom stereocenters. The zero-order chi connectivity index (χ0) is 21.4. The fourth-order valence-corrected chi connectivity index (χ4v) is 3.71. The van der Waals surface area contributed by atoms with Crippen LogP contribution in [-0.4, -0.2) is 28.4 Å². The molecule has 28 heavy (non-hydrogen) atoms. The van der Waals surface area contributed by atoms with Crippen molar-refractivity contribution in [2.45, 2.75) is 23.6 Å². The highest BCUT2D eigenvalue weighted by atomic mass is 32.2. The van der Waals surface area contributed by atoms with Crippen LogP contribution in [0.1, 0.15) is 13.8 Å². The molecule has 0 bridgehead atoms. The van der Waals surface area contributed by atoms with Gasteiger partial charge in [-0.15, -0.1) is 0 Å². The third-order valence-electron chi connectivity index (χ3n) is 3.33. The van der Waals surface area contributed by atoms with Crippen LogP contribution < -0.4 is 9.92 Å². The summed E-state index contributed by atoms with van der Waals surface area (Å²) in [5, 5.41) is 0.829. The van der Waals surface area contributed by atoms with E-state index in [1.807, 2.05) is 13.8 Å². The molecule has 0 fully saturated rings. The zero-order valence-electron chi connectivity index (χ0n) is 15.7. The first-order chi connectivity index (χ1) is 13.3. The molecule has 0 saturated carbocycles. The predicted octanol–water partition coefficient (Wildman–Crippen LogP) is 3.46. The van der Waals surface area contributed by atoms with E-state index in [1.54, 1.807) is 42.5 Å². The van der Waals surface area contributed by atoms with E-state index in [9.17, 15) is 21.4 Å². The Labute approximate surface area is 165 Å². The standard InChI is InChI=1S/C16H12O6S2.C2H6.CH5N/c17-23(18,19)14-10-12-6-4-5-9-15(12)16(11-14)22-24(20,21)13-7-2-1-3-8-13;2*1-2/h1-11H,(H,17,18,19);1-2H3;2H2,1H3. The molecule has 0 aliphatic heterocycles. The van der Waals surface area contributed by atoms with Crippen LogP contribution in [0.2, 0.25) is 0 Å². The number of nitrogens with two attached hydrogens (primary N) is 1. The van der Waals surface area contributed by atoms with Gasteiger partial charge in [0, 0.05) is 11.5 Å². The Morgan fingerprint density at radius 1 is 0.786 bits per heavy atom. The molecule has 0 aliphatic carbocycles. The lowest BCUT2D eigenvalue weighted by molar-refractivity contribution is 0.477. The topological polar surface area (TPSA) is 124 Å². The summed E-state index contributed by atoms with van der Waals surface area (Å²) in [6.07, 6.45) is 0. The van der Waals surface area contributed by atoms with E-state index in [2.05, 4.69) is 5.73 Å². The second-order valence-corrected chi connectivity index (χ2v) is 7.94. The van der Waals surface area contributed by atoms with Crippen LogP contribution in [0.3, 0.4) is 0 Å². The number of benzene rings is 3. The van der Waals surface area contributed by atoms with Gasteiger partial charge in [-0.3, -0.25) is 4.55 Å². The molecule has 3 rings (SSSR count). The molecule has 0 saturated heterocycles. The van der Waals surface area contributed by atoms with Crippen molar-refractivity contribution in [3.8, 4) is 5.75 Å². The number of rotatable bonds is 4. The first kappa shape index (κ1) is 23.6. The monoisotopic (exact) mass is 425 g/mol. The molecule has 0 heterocycles. The molecule has 0 aromatic heterocycles. The zero-order valence-corrected chi connectivity index (χ0v) is 17.4. The molecule has 0 radical (unpaired) electrons. The first-order valence-corrected chi connectivity index (χ1v) is 11.2. The Morgan fingerprint density at radius 3 is 1.89 bits per heavy atom. The van der Waals surface area contributed by atoms with E-state index in [4.69, 9.17) is 4.18 Å². The molecule has 0 spiro atoms. The van der Waals surface area contributed by atoms with Crippen molar-refractivity contribution in [1.29, 1.82) is 0 Å². The van der Waals surface area contributed by atoms with E-state index in [0.29, 0.717) is 10.8 Å². The highest BCUT2D eigenvalue weighted by Gasteiger charge is 2.20. The lowest BCUT2D eigenvalue weighted by Crippen LogP contribution is -2.10. The second-order valence-electron chi connectivity index (χ2n) is 4.97.